The number of carboxylic acids is 1. The summed E-state index contributed by atoms with van der Waals surface area (Å²) in [6.07, 6.45) is 0.669. The van der Waals surface area contributed by atoms with Gasteiger partial charge in [0.05, 0.1) is 6.04 Å². The highest BCUT2D eigenvalue weighted by Gasteiger charge is 2.28. The minimum Gasteiger partial charge on any atom is -0.480 e. The number of amides is 2. The first kappa shape index (κ1) is 18.4. The Morgan fingerprint density at radius 1 is 1.15 bits per heavy atom. The van der Waals surface area contributed by atoms with Crippen LogP contribution in [0.3, 0.4) is 0 Å². The summed E-state index contributed by atoms with van der Waals surface area (Å²) in [6, 6.07) is -1.48. The Hall–Kier alpha value is -1.63. The summed E-state index contributed by atoms with van der Waals surface area (Å²) in [5.74, 6) is -2.21. The van der Waals surface area contributed by atoms with Crippen LogP contribution in [0.4, 0.5) is 0 Å². The quantitative estimate of drug-likeness (QED) is 0.488. The number of nitrogens with one attached hydrogen (secondary N) is 2. The second-order valence-electron chi connectivity index (χ2n) is 5.25. The van der Waals surface area contributed by atoms with E-state index in [1.54, 1.807) is 0 Å². The van der Waals surface area contributed by atoms with Gasteiger partial charge in [-0.3, -0.25) is 14.4 Å². The minimum absolute atomic E-state index is 0.0466. The van der Waals surface area contributed by atoms with Crippen LogP contribution in [0.25, 0.3) is 0 Å². The molecule has 0 aromatic rings. The Kier molecular flexibility index (Phi) is 7.83. The number of nitrogens with two attached hydrogens (primary N) is 1. The molecule has 20 heavy (non-hydrogen) atoms. The molecule has 2 amide bonds. The lowest BCUT2D eigenvalue weighted by atomic mass is 9.97. The molecule has 0 heterocycles. The van der Waals surface area contributed by atoms with Crippen LogP contribution in [0, 0.1) is 11.8 Å². The van der Waals surface area contributed by atoms with Crippen molar-refractivity contribution in [1.82, 2.24) is 10.6 Å². The fourth-order valence-electron chi connectivity index (χ4n) is 1.53. The Bertz CT molecular complexity index is 358. The molecule has 116 valence electrons. The van der Waals surface area contributed by atoms with Gasteiger partial charge in [0.15, 0.2) is 0 Å². The van der Waals surface area contributed by atoms with Crippen LogP contribution < -0.4 is 16.4 Å². The molecule has 0 aromatic heterocycles. The summed E-state index contributed by atoms with van der Waals surface area (Å²) in [4.78, 5) is 34.3. The van der Waals surface area contributed by atoms with Crippen molar-refractivity contribution in [1.29, 1.82) is 0 Å². The van der Waals surface area contributed by atoms with Gasteiger partial charge in [-0.25, -0.2) is 0 Å². The second kappa shape index (κ2) is 8.52. The normalized spacial score (nSPS) is 15.3. The van der Waals surface area contributed by atoms with Gasteiger partial charge in [0.1, 0.15) is 12.6 Å². The molecule has 0 aliphatic heterocycles. The molecular formula is C13H25N3O4. The molecule has 0 aliphatic rings. The summed E-state index contributed by atoms with van der Waals surface area (Å²) in [6.45, 7) is 6.85. The van der Waals surface area contributed by atoms with E-state index >= 15 is 0 Å². The third-order valence-corrected chi connectivity index (χ3v) is 3.23. The average molecular weight is 287 g/mol. The maximum atomic E-state index is 11.9. The van der Waals surface area contributed by atoms with E-state index in [1.807, 2.05) is 27.7 Å². The summed E-state index contributed by atoms with van der Waals surface area (Å²) < 4.78 is 0. The summed E-state index contributed by atoms with van der Waals surface area (Å²) in [5, 5.41) is 13.4. The van der Waals surface area contributed by atoms with Crippen LogP contribution in [0.5, 0.6) is 0 Å². The van der Waals surface area contributed by atoms with Gasteiger partial charge in [0.2, 0.25) is 11.8 Å². The molecule has 0 fully saturated rings. The molecule has 3 atom stereocenters. The minimum atomic E-state index is -1.13. The number of carbonyl (C=O) groups excluding carboxylic acids is 2. The number of rotatable bonds is 8. The van der Waals surface area contributed by atoms with E-state index in [1.165, 1.54) is 0 Å². The Morgan fingerprint density at radius 2 is 1.70 bits per heavy atom. The number of aliphatic carboxylic acids is 1. The number of carboxylic acid groups (broad SMARTS) is 1. The van der Waals surface area contributed by atoms with E-state index in [0.717, 1.165) is 0 Å². The molecule has 0 aromatic carbocycles. The maximum absolute atomic E-state index is 11.9. The van der Waals surface area contributed by atoms with E-state index < -0.39 is 36.4 Å². The van der Waals surface area contributed by atoms with E-state index in [9.17, 15) is 14.4 Å². The van der Waals surface area contributed by atoms with Crippen molar-refractivity contribution in [3.8, 4) is 0 Å². The van der Waals surface area contributed by atoms with Crippen molar-refractivity contribution in [2.75, 3.05) is 6.54 Å². The number of carbonyl (C=O) groups is 3. The smallest absolute Gasteiger partial charge is 0.322 e. The van der Waals surface area contributed by atoms with Crippen LogP contribution in [0.1, 0.15) is 34.1 Å². The van der Waals surface area contributed by atoms with Crippen molar-refractivity contribution in [3.05, 3.63) is 0 Å². The van der Waals surface area contributed by atoms with Crippen LogP contribution in [-0.4, -0.2) is 41.5 Å². The van der Waals surface area contributed by atoms with Crippen LogP contribution in [0.15, 0.2) is 0 Å². The first-order valence-electron chi connectivity index (χ1n) is 6.76. The molecule has 0 bridgehead atoms. The Balaban J connectivity index is 4.76. The molecule has 0 radical (unpaired) electrons. The molecule has 0 rings (SSSR count). The zero-order chi connectivity index (χ0) is 15.9. The van der Waals surface area contributed by atoms with Gasteiger partial charge in [-0.1, -0.05) is 34.1 Å². The van der Waals surface area contributed by atoms with E-state index in [-0.39, 0.29) is 11.8 Å². The third kappa shape index (κ3) is 6.01. The highest BCUT2D eigenvalue weighted by Crippen LogP contribution is 2.09. The average Bonchev–Trinajstić information content (AvgIpc) is 2.39. The van der Waals surface area contributed by atoms with Crippen LogP contribution >= 0.6 is 0 Å². The van der Waals surface area contributed by atoms with Crippen molar-refractivity contribution < 1.29 is 19.5 Å². The fourth-order valence-corrected chi connectivity index (χ4v) is 1.53. The molecule has 7 nitrogen and oxygen atoms in total. The lowest BCUT2D eigenvalue weighted by Crippen LogP contribution is -2.55. The van der Waals surface area contributed by atoms with Gasteiger partial charge >= 0.3 is 5.97 Å². The molecule has 0 saturated heterocycles. The van der Waals surface area contributed by atoms with Gasteiger partial charge in [-0.05, 0) is 11.8 Å². The maximum Gasteiger partial charge on any atom is 0.322 e. The monoisotopic (exact) mass is 287 g/mol. The van der Waals surface area contributed by atoms with Gasteiger partial charge in [0.25, 0.3) is 0 Å². The summed E-state index contributed by atoms with van der Waals surface area (Å²) in [7, 11) is 0. The topological polar surface area (TPSA) is 122 Å². The van der Waals surface area contributed by atoms with Crippen LogP contribution in [0.2, 0.25) is 0 Å². The first-order valence-corrected chi connectivity index (χ1v) is 6.76. The molecule has 3 unspecified atom stereocenters. The number of hydrogen-bond acceptors (Lipinski definition) is 4. The zero-order valence-corrected chi connectivity index (χ0v) is 12.5. The largest absolute Gasteiger partial charge is 0.480 e. The highest BCUT2D eigenvalue weighted by molar-refractivity contribution is 5.91. The van der Waals surface area contributed by atoms with E-state index in [0.29, 0.717) is 6.42 Å². The van der Waals surface area contributed by atoms with Gasteiger partial charge < -0.3 is 21.5 Å². The van der Waals surface area contributed by atoms with Gasteiger partial charge in [0, 0.05) is 0 Å². The van der Waals surface area contributed by atoms with Crippen molar-refractivity contribution in [2.45, 2.75) is 46.2 Å². The zero-order valence-electron chi connectivity index (χ0n) is 12.5. The van der Waals surface area contributed by atoms with Gasteiger partial charge in [-0.15, -0.1) is 0 Å². The van der Waals surface area contributed by atoms with Crippen molar-refractivity contribution in [2.24, 2.45) is 17.6 Å². The Labute approximate surface area is 119 Å². The molecular weight excluding hydrogens is 262 g/mol. The second-order valence-corrected chi connectivity index (χ2v) is 5.25. The highest BCUT2D eigenvalue weighted by atomic mass is 16.4. The predicted octanol–water partition coefficient (Wildman–Crippen LogP) is -0.299. The predicted molar refractivity (Wildman–Crippen MR) is 74.8 cm³/mol. The fraction of sp³-hybridized carbons (Fsp3) is 0.769. The van der Waals surface area contributed by atoms with E-state index in [4.69, 9.17) is 10.8 Å². The van der Waals surface area contributed by atoms with Crippen molar-refractivity contribution >= 4 is 17.8 Å². The molecule has 7 heteroatoms. The lowest BCUT2D eigenvalue weighted by molar-refractivity contribution is -0.138. The molecule has 0 saturated carbocycles. The third-order valence-electron chi connectivity index (χ3n) is 3.23. The SMILES string of the molecule is CCC(C)C(NC(=O)C(N)C(C)C)C(=O)NCC(=O)O. The summed E-state index contributed by atoms with van der Waals surface area (Å²) in [5.41, 5.74) is 5.73. The molecule has 0 spiro atoms. The standard InChI is InChI=1S/C13H25N3O4/c1-5-8(4)11(13(20)15-6-9(17)18)16-12(19)10(14)7(2)3/h7-8,10-11H,5-6,14H2,1-4H3,(H,15,20)(H,16,19)(H,17,18). The Morgan fingerprint density at radius 3 is 2.10 bits per heavy atom. The van der Waals surface area contributed by atoms with Crippen molar-refractivity contribution in [3.63, 3.8) is 0 Å². The number of hydrogen-bond donors (Lipinski definition) is 4. The molecule has 0 aliphatic carbocycles. The van der Waals surface area contributed by atoms with Gasteiger partial charge in [-0.2, -0.15) is 0 Å². The summed E-state index contributed by atoms with van der Waals surface area (Å²) >= 11 is 0. The first-order chi connectivity index (χ1) is 9.20. The van der Waals surface area contributed by atoms with Crippen LogP contribution in [-0.2, 0) is 14.4 Å². The van der Waals surface area contributed by atoms with E-state index in [2.05, 4.69) is 10.6 Å². The molecule has 5 N–H and O–H groups in total. The lowest BCUT2D eigenvalue weighted by Gasteiger charge is -2.25.